The Kier molecular flexibility index (Phi) is 21.5. The number of rotatable bonds is 17. The summed E-state index contributed by atoms with van der Waals surface area (Å²) in [6.07, 6.45) is -3.03. The molecular weight excluding hydrogens is 1190 g/mol. The first-order valence-electron chi connectivity index (χ1n) is 27.2. The molecule has 2 fully saturated rings. The van der Waals surface area contributed by atoms with Gasteiger partial charge >= 0.3 is 65.4 Å². The van der Waals surface area contributed by atoms with Gasteiger partial charge in [0, 0.05) is 76.6 Å². The summed E-state index contributed by atoms with van der Waals surface area (Å²) in [5.41, 5.74) is -2.34. The monoisotopic (exact) mass is 1250 g/mol. The van der Waals surface area contributed by atoms with E-state index in [1.54, 1.807) is 33.0 Å². The molecule has 8 aromatic rings. The maximum Gasteiger partial charge on any atom is 1.00 e. The Balaban J connectivity index is 0.000000218. The van der Waals surface area contributed by atoms with Crippen molar-refractivity contribution in [2.24, 2.45) is 11.8 Å². The van der Waals surface area contributed by atoms with E-state index in [1.165, 1.54) is 59.9 Å². The van der Waals surface area contributed by atoms with Crippen molar-refractivity contribution in [1.29, 1.82) is 0 Å². The van der Waals surface area contributed by atoms with Gasteiger partial charge in [-0.25, -0.2) is 28.9 Å². The van der Waals surface area contributed by atoms with Crippen molar-refractivity contribution in [3.63, 3.8) is 0 Å². The molecule has 87 heavy (non-hydrogen) atoms. The zero-order chi connectivity index (χ0) is 62.5. The molecule has 8 heterocycles. The Hall–Kier alpha value is -7.64. The van der Waals surface area contributed by atoms with Crippen molar-refractivity contribution in [2.45, 2.75) is 98.9 Å². The number of likely N-dealkylation sites (tertiary alicyclic amines) is 2. The van der Waals surface area contributed by atoms with Crippen LogP contribution in [0.4, 0.5) is 31.1 Å². The van der Waals surface area contributed by atoms with E-state index in [-0.39, 0.29) is 127 Å². The van der Waals surface area contributed by atoms with Crippen LogP contribution in [-0.4, -0.2) is 131 Å². The predicted octanol–water partition coefficient (Wildman–Crippen LogP) is 1.99. The summed E-state index contributed by atoms with van der Waals surface area (Å²) in [7, 11) is 3.78. The molecule has 0 amide bonds. The minimum Gasteiger partial charge on any atom is -0.550 e. The molecule has 2 aromatic carbocycles. The molecule has 0 radical (unpaired) electrons. The Labute approximate surface area is 518 Å². The number of hydrogen-bond acceptors (Lipinski definition) is 16. The van der Waals surface area contributed by atoms with Gasteiger partial charge in [-0.15, -0.1) is 0 Å². The Morgan fingerprint density at radius 3 is 1.51 bits per heavy atom. The van der Waals surface area contributed by atoms with E-state index < -0.39 is 70.1 Å². The summed E-state index contributed by atoms with van der Waals surface area (Å²) >= 11 is 5.59. The second kappa shape index (κ2) is 28.0. The molecule has 10 rings (SSSR count). The molecule has 32 heteroatoms. The molecular formula is C55H60ClF6N14NaO10. The average molecular weight is 1250 g/mol. The molecule has 0 atom stereocenters. The van der Waals surface area contributed by atoms with Crippen molar-refractivity contribution in [1.82, 2.24) is 66.7 Å². The van der Waals surface area contributed by atoms with Gasteiger partial charge in [0.25, 0.3) is 11.1 Å². The summed E-state index contributed by atoms with van der Waals surface area (Å²) < 4.78 is 99.4. The van der Waals surface area contributed by atoms with Crippen LogP contribution in [0.5, 0.6) is 0 Å². The molecule has 460 valence electrons. The number of fused-ring (bicyclic) bond motifs is 2. The van der Waals surface area contributed by atoms with E-state index in [1.807, 2.05) is 30.8 Å². The van der Waals surface area contributed by atoms with Crippen LogP contribution >= 0.6 is 11.6 Å². The maximum atomic E-state index is 13.5. The predicted molar refractivity (Wildman–Crippen MR) is 298 cm³/mol. The number of aromatic nitrogens is 12. The number of hydrogen-bond donors (Lipinski definition) is 0. The zero-order valence-electron chi connectivity index (χ0n) is 48.5. The van der Waals surface area contributed by atoms with Crippen molar-refractivity contribution in [2.75, 3.05) is 46.3 Å². The van der Waals surface area contributed by atoms with E-state index in [2.05, 4.69) is 20.2 Å². The second-order valence-electron chi connectivity index (χ2n) is 20.5. The van der Waals surface area contributed by atoms with Crippen molar-refractivity contribution in [3.8, 4) is 22.8 Å². The first kappa shape index (κ1) is 66.9. The molecule has 0 spiro atoms. The quantitative estimate of drug-likeness (QED) is 0.0547. The number of aryl methyl sites for hydroxylation is 2. The van der Waals surface area contributed by atoms with Crippen LogP contribution in [-0.2, 0) is 77.4 Å². The topological polar surface area (TPSA) is 258 Å². The largest absolute Gasteiger partial charge is 1.00 e. The number of aliphatic carboxylic acids is 1. The van der Waals surface area contributed by atoms with Gasteiger partial charge < -0.3 is 29.2 Å². The number of ether oxygens (including phenoxy) is 2. The molecule has 0 N–H and O–H groups in total. The molecule has 2 aliphatic rings. The fourth-order valence-corrected chi connectivity index (χ4v) is 10.0. The van der Waals surface area contributed by atoms with Crippen molar-refractivity contribution in [3.05, 3.63) is 137 Å². The van der Waals surface area contributed by atoms with Gasteiger partial charge in [-0.05, 0) is 76.2 Å². The number of carboxylic acid groups (broad SMARTS) is 1. The number of alkyl halides is 7. The summed E-state index contributed by atoms with van der Waals surface area (Å²) in [6.45, 7) is 10.1. The Morgan fingerprint density at radius 2 is 1.08 bits per heavy atom. The minimum absolute atomic E-state index is 0. The van der Waals surface area contributed by atoms with Gasteiger partial charge in [-0.2, -0.15) is 36.5 Å². The van der Waals surface area contributed by atoms with Gasteiger partial charge in [0.2, 0.25) is 0 Å². The maximum absolute atomic E-state index is 13.5. The van der Waals surface area contributed by atoms with E-state index in [9.17, 15) is 65.0 Å². The summed E-state index contributed by atoms with van der Waals surface area (Å²) in [5.74, 6) is -1.61. The van der Waals surface area contributed by atoms with Crippen molar-refractivity contribution >= 4 is 52.0 Å². The van der Waals surface area contributed by atoms with Crippen LogP contribution in [0.15, 0.2) is 92.5 Å². The van der Waals surface area contributed by atoms with Crippen LogP contribution in [0.3, 0.4) is 0 Å². The van der Waals surface area contributed by atoms with Gasteiger partial charge in [0.05, 0.1) is 53.7 Å². The zero-order valence-corrected chi connectivity index (χ0v) is 51.2. The fraction of sp³-hybridized carbons (Fsp3) is 0.436. The summed E-state index contributed by atoms with van der Waals surface area (Å²) in [6, 6.07) is 9.29. The molecule has 2 saturated heterocycles. The van der Waals surface area contributed by atoms with Crippen LogP contribution in [0.25, 0.3) is 45.1 Å². The second-order valence-corrected chi connectivity index (χ2v) is 20.7. The average Bonchev–Trinajstić information content (AvgIpc) is 2.43. The number of nitrogens with zero attached hydrogens (tertiary/aromatic N) is 14. The SMILES string of the molecule is CCCn1c(=O)c2c(nc(-c3cnn(Cc4cccc(C(F)(F)F)c4)c3)n2C(=O)OCCl)n(CC)c1=O.CCCn1c(=O)c2c(nc(-c3cnn(Cc4cccc(C(F)(F)F)c4)c3)n2COC(=O)C2CN(C)C2)n(CC)c1=O.CN1CC(C(=O)[O-])C1.[Na+]. The van der Waals surface area contributed by atoms with Gasteiger partial charge in [0.15, 0.2) is 40.9 Å². The van der Waals surface area contributed by atoms with Gasteiger partial charge in [0.1, 0.15) is 5.82 Å². The molecule has 0 unspecified atom stereocenters. The Morgan fingerprint density at radius 1 is 0.632 bits per heavy atom. The number of esters is 1. The standard InChI is InChI=1S/C27H30F3N7O4.C23H22ClF3N6O4.C5H9NO2.Na/c1-4-9-36-24(38)21-23(35(5-2)26(36)40)32-22(37(21)16-41-25(39)19-13-33(3)14-19)18-11-31-34(15-18)12-17-7-6-8-20(10-17)27(28,29)30;1-3-8-32-20(34)17-19(31(4-2)21(32)35)29-18(33(17)22(36)37-13-24)15-10-28-30(12-15)11-14-6-5-7-16(9-14)23(25,26)27;1-6-2-4(3-6)5(7)8;/h6-8,10-11,15,19H,4-5,9,12-14,16H2,1-3H3;5-7,9-10,12H,3-4,8,11,13H2,1-2H3;4H,2-3H2,1H3,(H,7,8);/q;;;+1/p-1. The van der Waals surface area contributed by atoms with E-state index in [4.69, 9.17) is 21.1 Å². The summed E-state index contributed by atoms with van der Waals surface area (Å²) in [5, 5.41) is 18.5. The molecule has 6 aromatic heterocycles. The molecule has 24 nitrogen and oxygen atoms in total. The van der Waals surface area contributed by atoms with Crippen molar-refractivity contribution < 1.29 is 84.9 Å². The third kappa shape index (κ3) is 14.7. The number of carbonyl (C=O) groups excluding carboxylic acids is 3. The van der Waals surface area contributed by atoms with E-state index in [0.29, 0.717) is 55.7 Å². The third-order valence-corrected chi connectivity index (χ3v) is 14.2. The normalized spacial score (nSPS) is 13.9. The van der Waals surface area contributed by atoms with Crippen LogP contribution in [0.1, 0.15) is 62.8 Å². The number of benzene rings is 2. The summed E-state index contributed by atoms with van der Waals surface area (Å²) in [4.78, 5) is 101. The first-order valence-corrected chi connectivity index (χ1v) is 27.7. The number of carboxylic acids is 1. The number of carbonyl (C=O) groups is 3. The molecule has 0 aliphatic carbocycles. The fourth-order valence-electron chi connectivity index (χ4n) is 9.91. The number of imidazole rings is 2. The van der Waals surface area contributed by atoms with Crippen LogP contribution in [0, 0.1) is 11.8 Å². The minimum atomic E-state index is -4.49. The van der Waals surface area contributed by atoms with E-state index in [0.717, 1.165) is 38.0 Å². The van der Waals surface area contributed by atoms with Crippen LogP contribution in [0.2, 0.25) is 0 Å². The van der Waals surface area contributed by atoms with Gasteiger partial charge in [-0.3, -0.25) is 46.6 Å². The first-order chi connectivity index (χ1) is 40.8. The van der Waals surface area contributed by atoms with Crippen LogP contribution < -0.4 is 57.2 Å². The number of halogens is 7. The van der Waals surface area contributed by atoms with E-state index >= 15 is 0 Å². The molecule has 0 bridgehead atoms. The molecule has 0 saturated carbocycles. The Bertz CT molecular complexity index is 4060. The molecule has 2 aliphatic heterocycles. The third-order valence-electron chi connectivity index (χ3n) is 14.1. The smallest absolute Gasteiger partial charge is 0.550 e. The van der Waals surface area contributed by atoms with Gasteiger partial charge in [-0.1, -0.05) is 49.7 Å².